The molecule has 0 spiro atoms. The monoisotopic (exact) mass is 266 g/mol. The van der Waals surface area contributed by atoms with Crippen molar-refractivity contribution in [1.29, 1.82) is 0 Å². The van der Waals surface area contributed by atoms with Gasteiger partial charge in [-0.1, -0.05) is 6.07 Å². The molecule has 0 radical (unpaired) electrons. The lowest BCUT2D eigenvalue weighted by molar-refractivity contribution is -0.152. The molecule has 0 fully saturated rings. The van der Waals surface area contributed by atoms with Crippen LogP contribution < -0.4 is 5.32 Å². The first-order valence-corrected chi connectivity index (χ1v) is 5.92. The van der Waals surface area contributed by atoms with Crippen molar-refractivity contribution in [2.24, 2.45) is 0 Å². The van der Waals surface area contributed by atoms with Crippen LogP contribution in [0.5, 0.6) is 0 Å². The zero-order valence-electron chi connectivity index (χ0n) is 11.3. The lowest BCUT2D eigenvalue weighted by Gasteiger charge is -2.16. The fraction of sp³-hybridized carbons (Fsp3) is 0.462. The number of nitrogens with zero attached hydrogens (tertiary/aromatic N) is 1. The number of aromatic nitrogens is 1. The summed E-state index contributed by atoms with van der Waals surface area (Å²) < 4.78 is 9.83. The van der Waals surface area contributed by atoms with E-state index in [0.717, 1.165) is 5.56 Å². The first-order chi connectivity index (χ1) is 9.02. The zero-order valence-corrected chi connectivity index (χ0v) is 11.3. The van der Waals surface area contributed by atoms with Crippen LogP contribution in [-0.4, -0.2) is 36.7 Å². The second kappa shape index (κ2) is 7.48. The van der Waals surface area contributed by atoms with Gasteiger partial charge in [0.15, 0.2) is 6.10 Å². The van der Waals surface area contributed by atoms with Crippen LogP contribution in [0.1, 0.15) is 18.9 Å². The highest BCUT2D eigenvalue weighted by Gasteiger charge is 2.21. The van der Waals surface area contributed by atoms with E-state index >= 15 is 0 Å². The van der Waals surface area contributed by atoms with E-state index in [-0.39, 0.29) is 0 Å². The molecule has 1 aromatic heterocycles. The standard InChI is InChI=1S/C13H18N2O4/c1-9-4-5-12(14-8-9)15-13(17)11(6-7-18-3)19-10(2)16/h4-5,8,11H,6-7H2,1-3H3,(H,14,15,17)/t11-/m0/s1. The topological polar surface area (TPSA) is 77.5 Å². The molecule has 6 heteroatoms. The molecule has 1 aromatic rings. The van der Waals surface area contributed by atoms with Crippen LogP contribution in [0.25, 0.3) is 0 Å². The van der Waals surface area contributed by atoms with Gasteiger partial charge in [-0.3, -0.25) is 9.59 Å². The molecule has 0 unspecified atom stereocenters. The summed E-state index contributed by atoms with van der Waals surface area (Å²) in [6, 6.07) is 3.52. The largest absolute Gasteiger partial charge is 0.452 e. The SMILES string of the molecule is COCC[C@H](OC(C)=O)C(=O)Nc1ccc(C)cn1. The summed E-state index contributed by atoms with van der Waals surface area (Å²) >= 11 is 0. The van der Waals surface area contributed by atoms with Gasteiger partial charge in [0.2, 0.25) is 0 Å². The number of anilines is 1. The van der Waals surface area contributed by atoms with E-state index < -0.39 is 18.0 Å². The number of ether oxygens (including phenoxy) is 2. The third-order valence-electron chi connectivity index (χ3n) is 2.35. The van der Waals surface area contributed by atoms with E-state index in [9.17, 15) is 9.59 Å². The van der Waals surface area contributed by atoms with Gasteiger partial charge in [-0.15, -0.1) is 0 Å². The van der Waals surface area contributed by atoms with Crippen LogP contribution in [0.4, 0.5) is 5.82 Å². The Bertz CT molecular complexity index is 431. The van der Waals surface area contributed by atoms with E-state index in [2.05, 4.69) is 10.3 Å². The Labute approximate surface area is 112 Å². The molecule has 0 saturated carbocycles. The van der Waals surface area contributed by atoms with Crippen molar-refractivity contribution in [3.63, 3.8) is 0 Å². The van der Waals surface area contributed by atoms with Crippen LogP contribution >= 0.6 is 0 Å². The number of amides is 1. The molecule has 0 aromatic carbocycles. The van der Waals surface area contributed by atoms with Crippen LogP contribution in [0.3, 0.4) is 0 Å². The average molecular weight is 266 g/mol. The van der Waals surface area contributed by atoms with E-state index in [0.29, 0.717) is 18.8 Å². The maximum Gasteiger partial charge on any atom is 0.303 e. The van der Waals surface area contributed by atoms with E-state index in [1.807, 2.05) is 13.0 Å². The zero-order chi connectivity index (χ0) is 14.3. The van der Waals surface area contributed by atoms with E-state index in [4.69, 9.17) is 9.47 Å². The summed E-state index contributed by atoms with van der Waals surface area (Å²) in [5.74, 6) is -0.498. The first kappa shape index (κ1) is 15.1. The molecule has 6 nitrogen and oxygen atoms in total. The number of pyridine rings is 1. The normalized spacial score (nSPS) is 11.7. The number of carbonyl (C=O) groups excluding carboxylic acids is 2. The van der Waals surface area contributed by atoms with E-state index in [1.54, 1.807) is 12.3 Å². The number of rotatable bonds is 6. The number of hydrogen-bond acceptors (Lipinski definition) is 5. The molecule has 1 heterocycles. The molecular formula is C13H18N2O4. The van der Waals surface area contributed by atoms with Crippen molar-refractivity contribution >= 4 is 17.7 Å². The Morgan fingerprint density at radius 3 is 2.68 bits per heavy atom. The predicted octanol–water partition coefficient (Wildman–Crippen LogP) is 1.30. The molecule has 0 aliphatic heterocycles. The summed E-state index contributed by atoms with van der Waals surface area (Å²) in [6.07, 6.45) is 1.07. The summed E-state index contributed by atoms with van der Waals surface area (Å²) in [4.78, 5) is 27.0. The first-order valence-electron chi connectivity index (χ1n) is 5.92. The molecule has 104 valence electrons. The van der Waals surface area contributed by atoms with Gasteiger partial charge in [-0.05, 0) is 18.6 Å². The summed E-state index contributed by atoms with van der Waals surface area (Å²) in [6.45, 7) is 3.49. The van der Waals surface area contributed by atoms with Crippen molar-refractivity contribution < 1.29 is 19.1 Å². The van der Waals surface area contributed by atoms with Crippen molar-refractivity contribution in [1.82, 2.24) is 4.98 Å². The minimum absolute atomic E-state index is 0.299. The lowest BCUT2D eigenvalue weighted by Crippen LogP contribution is -2.33. The third kappa shape index (κ3) is 5.48. The quantitative estimate of drug-likeness (QED) is 0.785. The molecule has 0 aliphatic rings. The van der Waals surface area contributed by atoms with E-state index in [1.165, 1.54) is 14.0 Å². The van der Waals surface area contributed by atoms with Crippen molar-refractivity contribution in [2.75, 3.05) is 19.0 Å². The molecule has 19 heavy (non-hydrogen) atoms. The smallest absolute Gasteiger partial charge is 0.303 e. The fourth-order valence-corrected chi connectivity index (χ4v) is 1.42. The molecule has 1 rings (SSSR count). The number of hydrogen-bond donors (Lipinski definition) is 1. The second-order valence-electron chi connectivity index (χ2n) is 4.09. The Morgan fingerprint density at radius 1 is 1.42 bits per heavy atom. The molecule has 1 N–H and O–H groups in total. The molecule has 0 aliphatic carbocycles. The van der Waals surface area contributed by atoms with Gasteiger partial charge >= 0.3 is 5.97 Å². The van der Waals surface area contributed by atoms with Gasteiger partial charge in [0.25, 0.3) is 5.91 Å². The molecule has 0 bridgehead atoms. The van der Waals surface area contributed by atoms with Gasteiger partial charge in [0.05, 0.1) is 6.61 Å². The third-order valence-corrected chi connectivity index (χ3v) is 2.35. The van der Waals surface area contributed by atoms with Gasteiger partial charge in [0, 0.05) is 26.7 Å². The highest BCUT2D eigenvalue weighted by molar-refractivity contribution is 5.94. The lowest BCUT2D eigenvalue weighted by atomic mass is 10.2. The van der Waals surface area contributed by atoms with Crippen LogP contribution in [0, 0.1) is 6.92 Å². The minimum Gasteiger partial charge on any atom is -0.452 e. The van der Waals surface area contributed by atoms with Crippen molar-refractivity contribution in [3.05, 3.63) is 23.9 Å². The average Bonchev–Trinajstić information content (AvgIpc) is 2.36. The van der Waals surface area contributed by atoms with Gasteiger partial charge in [-0.2, -0.15) is 0 Å². The maximum absolute atomic E-state index is 12.0. The van der Waals surface area contributed by atoms with Crippen LogP contribution in [-0.2, 0) is 19.1 Å². The summed E-state index contributed by atoms with van der Waals surface area (Å²) in [7, 11) is 1.52. The summed E-state index contributed by atoms with van der Waals surface area (Å²) in [5.41, 5.74) is 0.994. The minimum atomic E-state index is -0.874. The molecular weight excluding hydrogens is 248 g/mol. The van der Waals surface area contributed by atoms with Gasteiger partial charge in [0.1, 0.15) is 5.82 Å². The Morgan fingerprint density at radius 2 is 2.16 bits per heavy atom. The molecule has 1 amide bonds. The number of aryl methyl sites for hydroxylation is 1. The predicted molar refractivity (Wildman–Crippen MR) is 69.7 cm³/mol. The summed E-state index contributed by atoms with van der Waals surface area (Å²) in [5, 5.41) is 2.60. The molecule has 0 saturated heterocycles. The number of carbonyl (C=O) groups is 2. The highest BCUT2D eigenvalue weighted by Crippen LogP contribution is 2.07. The van der Waals surface area contributed by atoms with Gasteiger partial charge < -0.3 is 14.8 Å². The molecule has 1 atom stereocenters. The number of methoxy groups -OCH3 is 1. The fourth-order valence-electron chi connectivity index (χ4n) is 1.42. The number of nitrogens with one attached hydrogen (secondary N) is 1. The Kier molecular flexibility index (Phi) is 5.95. The van der Waals surface area contributed by atoms with Crippen molar-refractivity contribution in [3.8, 4) is 0 Å². The van der Waals surface area contributed by atoms with Gasteiger partial charge in [-0.25, -0.2) is 4.98 Å². The second-order valence-corrected chi connectivity index (χ2v) is 4.09. The maximum atomic E-state index is 12.0. The highest BCUT2D eigenvalue weighted by atomic mass is 16.5. The van der Waals surface area contributed by atoms with Crippen LogP contribution in [0.2, 0.25) is 0 Å². The Balaban J connectivity index is 2.64. The van der Waals surface area contributed by atoms with Crippen LogP contribution in [0.15, 0.2) is 18.3 Å². The Hall–Kier alpha value is -1.95. The van der Waals surface area contributed by atoms with Crippen molar-refractivity contribution in [2.45, 2.75) is 26.4 Å². The number of esters is 1.